The van der Waals surface area contributed by atoms with Crippen LogP contribution in [0.15, 0.2) is 30.5 Å². The number of fused-ring (bicyclic) bond motifs is 1. The molecular formula is C17H24N2O. The van der Waals surface area contributed by atoms with Crippen LogP contribution in [0.5, 0.6) is 0 Å². The molecule has 108 valence electrons. The molecule has 0 fully saturated rings. The van der Waals surface area contributed by atoms with Crippen LogP contribution in [0, 0.1) is 11.8 Å². The molecule has 2 aromatic rings. The lowest BCUT2D eigenvalue weighted by Crippen LogP contribution is -2.30. The van der Waals surface area contributed by atoms with Crippen molar-refractivity contribution >= 4 is 16.8 Å². The molecule has 0 radical (unpaired) electrons. The number of H-pyrrole nitrogens is 1. The number of benzene rings is 1. The second-order valence-electron chi connectivity index (χ2n) is 5.88. The largest absolute Gasteiger partial charge is 0.361 e. The maximum absolute atomic E-state index is 11.9. The third kappa shape index (κ3) is 3.62. The molecular weight excluding hydrogens is 248 g/mol. The van der Waals surface area contributed by atoms with Gasteiger partial charge in [-0.25, -0.2) is 0 Å². The van der Waals surface area contributed by atoms with Gasteiger partial charge in [0, 0.05) is 30.1 Å². The number of carbonyl (C=O) groups excluding carboxylic acids is 1. The second-order valence-corrected chi connectivity index (χ2v) is 5.88. The number of aromatic amines is 1. The van der Waals surface area contributed by atoms with Gasteiger partial charge < -0.3 is 10.3 Å². The minimum atomic E-state index is 0.141. The number of para-hydroxylation sites is 1. The number of hydrogen-bond acceptors (Lipinski definition) is 1. The lowest BCUT2D eigenvalue weighted by molar-refractivity contribution is -0.121. The highest BCUT2D eigenvalue weighted by Gasteiger charge is 2.10. The number of amides is 1. The fourth-order valence-electron chi connectivity index (χ4n) is 2.19. The van der Waals surface area contributed by atoms with Crippen molar-refractivity contribution < 1.29 is 4.79 Å². The summed E-state index contributed by atoms with van der Waals surface area (Å²) in [6, 6.07) is 8.20. The summed E-state index contributed by atoms with van der Waals surface area (Å²) in [6.07, 6.45) is 3.34. The molecule has 20 heavy (non-hydrogen) atoms. The highest BCUT2D eigenvalue weighted by Crippen LogP contribution is 2.18. The van der Waals surface area contributed by atoms with Crippen LogP contribution in [0.1, 0.15) is 32.8 Å². The molecule has 2 N–H and O–H groups in total. The summed E-state index contributed by atoms with van der Waals surface area (Å²) in [4.78, 5) is 15.1. The van der Waals surface area contributed by atoms with Gasteiger partial charge in [0.15, 0.2) is 0 Å². The normalized spacial score (nSPS) is 12.8. The maximum Gasteiger partial charge on any atom is 0.220 e. The monoisotopic (exact) mass is 272 g/mol. The predicted molar refractivity (Wildman–Crippen MR) is 83.6 cm³/mol. The van der Waals surface area contributed by atoms with Crippen LogP contribution in [0.2, 0.25) is 0 Å². The van der Waals surface area contributed by atoms with E-state index < -0.39 is 0 Å². The van der Waals surface area contributed by atoms with Crippen molar-refractivity contribution in [2.75, 3.05) is 6.54 Å². The van der Waals surface area contributed by atoms with E-state index in [0.29, 0.717) is 18.3 Å². The molecule has 0 aliphatic heterocycles. The van der Waals surface area contributed by atoms with Crippen LogP contribution < -0.4 is 5.32 Å². The van der Waals surface area contributed by atoms with Gasteiger partial charge in [-0.2, -0.15) is 0 Å². The highest BCUT2D eigenvalue weighted by atomic mass is 16.1. The molecule has 2 rings (SSSR count). The number of aromatic nitrogens is 1. The number of hydrogen-bond donors (Lipinski definition) is 2. The smallest absolute Gasteiger partial charge is 0.220 e. The van der Waals surface area contributed by atoms with Crippen molar-refractivity contribution in [3.8, 4) is 0 Å². The Morgan fingerprint density at radius 1 is 1.25 bits per heavy atom. The Hall–Kier alpha value is -1.77. The summed E-state index contributed by atoms with van der Waals surface area (Å²) in [5.74, 6) is 1.26. The first-order chi connectivity index (χ1) is 9.58. The van der Waals surface area contributed by atoms with Gasteiger partial charge in [0.2, 0.25) is 5.91 Å². The van der Waals surface area contributed by atoms with E-state index in [9.17, 15) is 4.79 Å². The van der Waals surface area contributed by atoms with E-state index in [1.54, 1.807) is 0 Å². The van der Waals surface area contributed by atoms with Crippen molar-refractivity contribution in [3.05, 3.63) is 36.0 Å². The van der Waals surface area contributed by atoms with Crippen molar-refractivity contribution in [2.24, 2.45) is 11.8 Å². The molecule has 1 aromatic heterocycles. The summed E-state index contributed by atoms with van der Waals surface area (Å²) in [6.45, 7) is 7.31. The average molecular weight is 272 g/mol. The van der Waals surface area contributed by atoms with E-state index in [4.69, 9.17) is 0 Å². The van der Waals surface area contributed by atoms with Crippen LogP contribution in [0.25, 0.3) is 10.9 Å². The van der Waals surface area contributed by atoms with Crippen LogP contribution in [-0.4, -0.2) is 17.4 Å². The first kappa shape index (κ1) is 14.6. The molecule has 1 aromatic carbocycles. The summed E-state index contributed by atoms with van der Waals surface area (Å²) in [5.41, 5.74) is 2.35. The van der Waals surface area contributed by atoms with E-state index in [1.807, 2.05) is 18.3 Å². The molecule has 3 heteroatoms. The first-order valence-electron chi connectivity index (χ1n) is 7.39. The van der Waals surface area contributed by atoms with Crippen LogP contribution >= 0.6 is 0 Å². The van der Waals surface area contributed by atoms with Crippen molar-refractivity contribution in [3.63, 3.8) is 0 Å². The van der Waals surface area contributed by atoms with Crippen LogP contribution in [0.4, 0.5) is 0 Å². The lowest BCUT2D eigenvalue weighted by atomic mass is 9.98. The van der Waals surface area contributed by atoms with Gasteiger partial charge in [-0.15, -0.1) is 0 Å². The summed E-state index contributed by atoms with van der Waals surface area (Å²) in [5, 5.41) is 4.24. The van der Waals surface area contributed by atoms with E-state index in [2.05, 4.69) is 43.2 Å². The molecule has 0 saturated heterocycles. The van der Waals surface area contributed by atoms with E-state index in [0.717, 1.165) is 18.5 Å². The standard InChI is InChI=1S/C17H24N2O/c1-12(2)13(3)10-19-17(20)9-8-14-11-18-16-7-5-4-6-15(14)16/h4-7,11-13,18H,8-10H2,1-3H3,(H,19,20). The Morgan fingerprint density at radius 2 is 2.00 bits per heavy atom. The van der Waals surface area contributed by atoms with Crippen LogP contribution in [-0.2, 0) is 11.2 Å². The quantitative estimate of drug-likeness (QED) is 0.830. The predicted octanol–water partition coefficient (Wildman–Crippen LogP) is 3.51. The van der Waals surface area contributed by atoms with Gasteiger partial charge in [0.25, 0.3) is 0 Å². The number of carbonyl (C=O) groups is 1. The Kier molecular flexibility index (Phi) is 4.83. The van der Waals surface area contributed by atoms with E-state index >= 15 is 0 Å². The minimum Gasteiger partial charge on any atom is -0.361 e. The van der Waals surface area contributed by atoms with Gasteiger partial charge in [-0.1, -0.05) is 39.0 Å². The molecule has 0 aliphatic rings. The van der Waals surface area contributed by atoms with Gasteiger partial charge in [-0.05, 0) is 29.9 Å². The number of rotatable bonds is 6. The van der Waals surface area contributed by atoms with Gasteiger partial charge in [0.1, 0.15) is 0 Å². The zero-order chi connectivity index (χ0) is 14.5. The lowest BCUT2D eigenvalue weighted by Gasteiger charge is -2.15. The van der Waals surface area contributed by atoms with Crippen LogP contribution in [0.3, 0.4) is 0 Å². The second kappa shape index (κ2) is 6.60. The molecule has 0 saturated carbocycles. The zero-order valence-electron chi connectivity index (χ0n) is 12.6. The van der Waals surface area contributed by atoms with Crippen molar-refractivity contribution in [1.29, 1.82) is 0 Å². The Bertz CT molecular complexity index is 571. The molecule has 0 bridgehead atoms. The fourth-order valence-corrected chi connectivity index (χ4v) is 2.19. The molecule has 3 nitrogen and oxygen atoms in total. The van der Waals surface area contributed by atoms with Crippen molar-refractivity contribution in [2.45, 2.75) is 33.6 Å². The Balaban J connectivity index is 1.84. The fraction of sp³-hybridized carbons (Fsp3) is 0.471. The summed E-state index contributed by atoms with van der Waals surface area (Å²) in [7, 11) is 0. The third-order valence-electron chi connectivity index (χ3n) is 4.06. The SMILES string of the molecule is CC(C)C(C)CNC(=O)CCc1c[nH]c2ccccc12. The number of aryl methyl sites for hydroxylation is 1. The topological polar surface area (TPSA) is 44.9 Å². The molecule has 1 heterocycles. The van der Waals surface area contributed by atoms with E-state index in [-0.39, 0.29) is 5.91 Å². The summed E-state index contributed by atoms with van der Waals surface area (Å²) >= 11 is 0. The van der Waals surface area contributed by atoms with Gasteiger partial charge in [-0.3, -0.25) is 4.79 Å². The van der Waals surface area contributed by atoms with Gasteiger partial charge in [0.05, 0.1) is 0 Å². The molecule has 0 spiro atoms. The van der Waals surface area contributed by atoms with E-state index in [1.165, 1.54) is 10.9 Å². The molecule has 1 atom stereocenters. The Morgan fingerprint density at radius 3 is 2.75 bits per heavy atom. The molecule has 0 aliphatic carbocycles. The maximum atomic E-state index is 11.9. The van der Waals surface area contributed by atoms with Crippen molar-refractivity contribution in [1.82, 2.24) is 10.3 Å². The minimum absolute atomic E-state index is 0.141. The number of nitrogens with one attached hydrogen (secondary N) is 2. The highest BCUT2D eigenvalue weighted by molar-refractivity contribution is 5.84. The third-order valence-corrected chi connectivity index (χ3v) is 4.06. The molecule has 1 unspecified atom stereocenters. The Labute approximate surface area is 120 Å². The summed E-state index contributed by atoms with van der Waals surface area (Å²) < 4.78 is 0. The average Bonchev–Trinajstić information content (AvgIpc) is 2.85. The zero-order valence-corrected chi connectivity index (χ0v) is 12.6. The molecule has 1 amide bonds. The van der Waals surface area contributed by atoms with Gasteiger partial charge >= 0.3 is 0 Å². The first-order valence-corrected chi connectivity index (χ1v) is 7.39.